The number of hydrogen-bond acceptors (Lipinski definition) is 10. The minimum Gasteiger partial charge on any atom is -0.431 e. The topological polar surface area (TPSA) is 175 Å². The molecule has 2 amide bonds. The number of hydrogen-bond donors (Lipinski definition) is 2. The van der Waals surface area contributed by atoms with E-state index in [1.165, 1.54) is 42.3 Å². The molecule has 2 aliphatic rings. The Kier molecular flexibility index (Phi) is 7.30. The van der Waals surface area contributed by atoms with E-state index in [1.807, 2.05) is 36.2 Å². The summed E-state index contributed by atoms with van der Waals surface area (Å²) in [6, 6.07) is 11.0. The average Bonchev–Trinajstić information content (AvgIpc) is 3.54. The first-order chi connectivity index (χ1) is 19.7. The first kappa shape index (κ1) is 28.9. The number of nitrogens with one attached hydrogen (secondary N) is 2. The van der Waals surface area contributed by atoms with Crippen molar-refractivity contribution in [1.29, 1.82) is 0 Å². The molecule has 2 aromatic carbocycles. The third kappa shape index (κ3) is 5.86. The molecule has 0 unspecified atom stereocenters. The third-order valence-corrected chi connectivity index (χ3v) is 8.45. The van der Waals surface area contributed by atoms with Crippen LogP contribution >= 0.6 is 0 Å². The number of anilines is 3. The zero-order valence-corrected chi connectivity index (χ0v) is 24.2. The molecule has 42 heavy (non-hydrogen) atoms. The molecule has 1 fully saturated rings. The molecule has 3 aromatic rings. The monoisotopic (exact) mass is 598 g/mol. The predicted octanol–water partition coefficient (Wildman–Crippen LogP) is 4.99. The summed E-state index contributed by atoms with van der Waals surface area (Å²) < 4.78 is 39.3. The minimum atomic E-state index is -3.94. The number of rotatable bonds is 6. The van der Waals surface area contributed by atoms with Crippen molar-refractivity contribution in [2.24, 2.45) is 0 Å². The van der Waals surface area contributed by atoms with E-state index < -0.39 is 32.7 Å². The van der Waals surface area contributed by atoms with Gasteiger partial charge in [-0.2, -0.15) is 5.10 Å². The van der Waals surface area contributed by atoms with E-state index in [0.29, 0.717) is 24.3 Å². The van der Waals surface area contributed by atoms with Crippen LogP contribution in [0.25, 0.3) is 0 Å². The summed E-state index contributed by atoms with van der Waals surface area (Å²) in [4.78, 5) is 36.0. The maximum absolute atomic E-state index is 12.4. The second kappa shape index (κ2) is 10.6. The summed E-state index contributed by atoms with van der Waals surface area (Å²) in [7, 11) is -2.45. The van der Waals surface area contributed by atoms with Gasteiger partial charge in [-0.25, -0.2) is 27.4 Å². The summed E-state index contributed by atoms with van der Waals surface area (Å²) >= 11 is 0. The van der Waals surface area contributed by atoms with Gasteiger partial charge in [0.1, 0.15) is 22.6 Å². The van der Waals surface area contributed by atoms with Crippen molar-refractivity contribution in [3.05, 3.63) is 64.3 Å². The number of amides is 2. The normalized spacial score (nSPS) is 19.5. The quantitative estimate of drug-likeness (QED) is 0.170. The Bertz CT molecular complexity index is 1660. The van der Waals surface area contributed by atoms with Crippen LogP contribution in [0.1, 0.15) is 51.6 Å². The van der Waals surface area contributed by atoms with Crippen molar-refractivity contribution < 1.29 is 32.4 Å². The minimum absolute atomic E-state index is 0.00395. The SMILES string of the molecule is CN1C(=O)NS(=O)(=O)c2ccc(Nc3cc([C@H]4CC[C@@H](OC(=O)Oc5ccc([N+](=O)[O-])cc5)C4)nn3C(C)(C)C)cc21. The van der Waals surface area contributed by atoms with Crippen LogP contribution < -0.4 is 19.7 Å². The zero-order chi connectivity index (χ0) is 30.4. The number of urea groups is 1. The van der Waals surface area contributed by atoms with Crippen LogP contribution in [0.5, 0.6) is 5.75 Å². The second-order valence-corrected chi connectivity index (χ2v) is 12.8. The van der Waals surface area contributed by atoms with Crippen LogP contribution in [0.2, 0.25) is 0 Å². The predicted molar refractivity (Wildman–Crippen MR) is 152 cm³/mol. The van der Waals surface area contributed by atoms with Crippen molar-refractivity contribution in [3.8, 4) is 5.75 Å². The lowest BCUT2D eigenvalue weighted by molar-refractivity contribution is -0.384. The molecule has 0 bridgehead atoms. The van der Waals surface area contributed by atoms with Gasteiger partial charge in [-0.3, -0.25) is 15.0 Å². The lowest BCUT2D eigenvalue weighted by atomic mass is 10.0. The molecule has 1 aromatic heterocycles. The number of benzene rings is 2. The molecule has 0 spiro atoms. The van der Waals surface area contributed by atoms with Gasteiger partial charge in [0.25, 0.3) is 15.7 Å². The van der Waals surface area contributed by atoms with Gasteiger partial charge in [0.15, 0.2) is 0 Å². The number of carbonyl (C=O) groups excluding carboxylic acids is 2. The molecule has 222 valence electrons. The second-order valence-electron chi connectivity index (χ2n) is 11.2. The Balaban J connectivity index is 1.29. The molecule has 2 heterocycles. The Morgan fingerprint density at radius 1 is 1.14 bits per heavy atom. The molecule has 0 saturated heterocycles. The van der Waals surface area contributed by atoms with Crippen LogP contribution in [-0.4, -0.2) is 48.5 Å². The summed E-state index contributed by atoms with van der Waals surface area (Å²) in [6.07, 6.45) is 0.601. The Morgan fingerprint density at radius 3 is 2.52 bits per heavy atom. The Hall–Kier alpha value is -4.66. The van der Waals surface area contributed by atoms with Gasteiger partial charge in [-0.15, -0.1) is 0 Å². The number of non-ortho nitro benzene ring substituents is 1. The number of nitrogens with zero attached hydrogens (tertiary/aromatic N) is 4. The van der Waals surface area contributed by atoms with Gasteiger partial charge in [0.2, 0.25) is 0 Å². The summed E-state index contributed by atoms with van der Waals surface area (Å²) in [6.45, 7) is 6.00. The van der Waals surface area contributed by atoms with Crippen molar-refractivity contribution in [2.75, 3.05) is 17.3 Å². The van der Waals surface area contributed by atoms with Gasteiger partial charge >= 0.3 is 12.2 Å². The van der Waals surface area contributed by atoms with E-state index in [2.05, 4.69) is 5.32 Å². The number of fused-ring (bicyclic) bond motifs is 1. The summed E-state index contributed by atoms with van der Waals surface area (Å²) in [5, 5.41) is 19.0. The Labute approximate surface area is 241 Å². The van der Waals surface area contributed by atoms with Crippen LogP contribution in [0.15, 0.2) is 53.4 Å². The molecule has 0 radical (unpaired) electrons. The molecule has 15 heteroatoms. The number of carbonyl (C=O) groups is 2. The number of nitro benzene ring substituents is 1. The maximum Gasteiger partial charge on any atom is 0.514 e. The first-order valence-corrected chi connectivity index (χ1v) is 14.6. The van der Waals surface area contributed by atoms with Gasteiger partial charge in [0, 0.05) is 36.9 Å². The highest BCUT2D eigenvalue weighted by Crippen LogP contribution is 2.39. The van der Waals surface area contributed by atoms with Crippen LogP contribution in [0, 0.1) is 10.1 Å². The molecule has 5 rings (SSSR count). The van der Waals surface area contributed by atoms with Gasteiger partial charge in [0.05, 0.1) is 21.8 Å². The molecule has 1 aliphatic heterocycles. The van der Waals surface area contributed by atoms with Crippen LogP contribution in [0.3, 0.4) is 0 Å². The van der Waals surface area contributed by atoms with Crippen molar-refractivity contribution >= 4 is 45.1 Å². The molecule has 2 N–H and O–H groups in total. The standard InChI is InChI=1S/C27H30N6O8S/c1-27(2,3)32-24(28-17-6-12-23-22(14-17)31(4)25(34)30-42(23,38)39)15-21(29-32)16-5-9-20(13-16)41-26(35)40-19-10-7-18(8-11-19)33(36)37/h6-8,10-12,14-16,20,28H,5,9,13H2,1-4H3,(H,30,34)/t16-,20+/m0/s1. The molecule has 1 saturated carbocycles. The van der Waals surface area contributed by atoms with Gasteiger partial charge in [-0.1, -0.05) is 0 Å². The Morgan fingerprint density at radius 2 is 1.86 bits per heavy atom. The first-order valence-electron chi connectivity index (χ1n) is 13.2. The lowest BCUT2D eigenvalue weighted by Gasteiger charge is -2.27. The van der Waals surface area contributed by atoms with Crippen molar-refractivity contribution in [1.82, 2.24) is 14.5 Å². The molecule has 2 atom stereocenters. The van der Waals surface area contributed by atoms with E-state index in [-0.39, 0.29) is 34.0 Å². The molecular weight excluding hydrogens is 568 g/mol. The number of aromatic nitrogens is 2. The fourth-order valence-corrected chi connectivity index (χ4v) is 6.18. The van der Waals surface area contributed by atoms with E-state index in [4.69, 9.17) is 14.6 Å². The average molecular weight is 599 g/mol. The highest BCUT2D eigenvalue weighted by atomic mass is 32.2. The zero-order valence-electron chi connectivity index (χ0n) is 23.4. The van der Waals surface area contributed by atoms with Crippen molar-refractivity contribution in [3.63, 3.8) is 0 Å². The van der Waals surface area contributed by atoms with Crippen molar-refractivity contribution in [2.45, 2.75) is 62.5 Å². The maximum atomic E-state index is 12.4. The fourth-order valence-electron chi connectivity index (χ4n) is 4.99. The van der Waals surface area contributed by atoms with Gasteiger partial charge in [-0.05, 0) is 70.4 Å². The van der Waals surface area contributed by atoms with Crippen LogP contribution in [0.4, 0.5) is 32.5 Å². The summed E-state index contributed by atoms with van der Waals surface area (Å²) in [5.74, 6) is 0.825. The molecule has 14 nitrogen and oxygen atoms in total. The highest BCUT2D eigenvalue weighted by molar-refractivity contribution is 7.90. The largest absolute Gasteiger partial charge is 0.514 e. The third-order valence-electron chi connectivity index (χ3n) is 7.09. The number of ether oxygens (including phenoxy) is 2. The highest BCUT2D eigenvalue weighted by Gasteiger charge is 2.34. The van der Waals surface area contributed by atoms with Gasteiger partial charge < -0.3 is 14.8 Å². The van der Waals surface area contributed by atoms with E-state index in [9.17, 15) is 28.1 Å². The van der Waals surface area contributed by atoms with E-state index >= 15 is 0 Å². The molecular formula is C27H30N6O8S. The number of sulfonamides is 1. The van der Waals surface area contributed by atoms with Crippen LogP contribution in [-0.2, 0) is 20.3 Å². The number of nitro groups is 1. The van der Waals surface area contributed by atoms with E-state index in [1.54, 1.807) is 12.1 Å². The summed E-state index contributed by atoms with van der Waals surface area (Å²) in [5.41, 5.74) is 1.11. The van der Waals surface area contributed by atoms with E-state index in [0.717, 1.165) is 12.1 Å². The smallest absolute Gasteiger partial charge is 0.431 e. The molecule has 1 aliphatic carbocycles. The fraction of sp³-hybridized carbons (Fsp3) is 0.370. The lowest BCUT2D eigenvalue weighted by Crippen LogP contribution is -2.45.